The first-order valence-electron chi connectivity index (χ1n) is 37.9. The van der Waals surface area contributed by atoms with Crippen LogP contribution in [0.5, 0.6) is 0 Å². The molecule has 29 heteroatoms. The van der Waals surface area contributed by atoms with E-state index >= 15 is 0 Å². The topological polar surface area (TPSA) is 339 Å². The Morgan fingerprint density at radius 3 is 2.11 bits per heavy atom. The van der Waals surface area contributed by atoms with E-state index in [1.807, 2.05) is 4.90 Å². The van der Waals surface area contributed by atoms with Crippen molar-refractivity contribution in [2.45, 2.75) is 245 Å². The van der Waals surface area contributed by atoms with Crippen LogP contribution in [0, 0.1) is 17.8 Å². The van der Waals surface area contributed by atoms with Crippen LogP contribution < -0.4 is 27.0 Å². The highest BCUT2D eigenvalue weighted by atomic mass is 16.8. The number of urea groups is 1. The van der Waals surface area contributed by atoms with Gasteiger partial charge >= 0.3 is 6.03 Å². The van der Waals surface area contributed by atoms with Crippen LogP contribution in [0.25, 0.3) is 0 Å². The SMILES string of the molecule is C=C1C[C@@H]2CC[C@@]34C[C@H]5OC6C(O[C@H]7CC[C@H](CC(=O)C[C@@H]8[C@@H](OC)[C@@H](C[C@H](O)CNC(=O)[C@H](CCCNC(N)=O)NC(=O)[C@@H](NC(=O)CCN9CCN%10CCOCCN(CC9)CCN(C(=O)CCN9C(=O)C=CC9=O)CC%10)C(C)C)O[C@H]8C[C@H]8O[C@@H](CC[C@@H]1O2)C[C@@H](C)C8=C)O[C@@H]7[C@@H]6O3)[C@H]5O4. The highest BCUT2D eigenvalue weighted by Crippen LogP contribution is 2.55. The van der Waals surface area contributed by atoms with Gasteiger partial charge in [0, 0.05) is 168 Å². The molecule has 14 aliphatic heterocycles. The summed E-state index contributed by atoms with van der Waals surface area (Å²) in [6.07, 6.45) is 3.55. The van der Waals surface area contributed by atoms with Gasteiger partial charge < -0.3 is 89.3 Å². The normalized spacial score (nSPS) is 37.7. The maximum atomic E-state index is 14.7. The lowest BCUT2D eigenvalue weighted by Gasteiger charge is -2.47. The molecule has 14 bridgehead atoms. The van der Waals surface area contributed by atoms with E-state index in [2.05, 4.69) is 56.0 Å². The van der Waals surface area contributed by atoms with E-state index in [4.69, 9.17) is 53.1 Å². The van der Waals surface area contributed by atoms with Crippen molar-refractivity contribution in [3.05, 3.63) is 36.5 Å². The first-order valence-corrected chi connectivity index (χ1v) is 37.9. The lowest BCUT2D eigenvalue weighted by atomic mass is 9.81. The van der Waals surface area contributed by atoms with Crippen LogP contribution in [0.4, 0.5) is 4.79 Å². The number of hydrogen-bond donors (Lipinski definition) is 6. The number of nitrogens with one attached hydrogen (secondary N) is 4. The third kappa shape index (κ3) is 18.7. The molecule has 0 aromatic carbocycles. The summed E-state index contributed by atoms with van der Waals surface area (Å²) in [7, 11) is 1.58. The third-order valence-electron chi connectivity index (χ3n) is 23.5. The molecule has 0 radical (unpaired) electrons. The number of ether oxygens (including phenoxy) is 10. The number of hydrogen-bond acceptors (Lipinski definition) is 22. The van der Waals surface area contributed by atoms with Gasteiger partial charge in [0.1, 0.15) is 48.4 Å². The van der Waals surface area contributed by atoms with Crippen molar-refractivity contribution < 1.29 is 90.8 Å². The molecule has 7 N–H and O–H groups in total. The van der Waals surface area contributed by atoms with E-state index < -0.39 is 108 Å². The zero-order valence-corrected chi connectivity index (χ0v) is 60.1. The number of ketones is 1. The predicted molar refractivity (Wildman–Crippen MR) is 368 cm³/mol. The zero-order chi connectivity index (χ0) is 71.9. The third-order valence-corrected chi connectivity index (χ3v) is 23.5. The molecule has 14 aliphatic rings. The zero-order valence-electron chi connectivity index (χ0n) is 60.1. The maximum absolute atomic E-state index is 14.7. The fourth-order valence-electron chi connectivity index (χ4n) is 17.7. The molecule has 13 saturated heterocycles. The Bertz CT molecular complexity index is 3010. The number of carbonyl (C=O) groups is 8. The van der Waals surface area contributed by atoms with Crippen LogP contribution in [-0.4, -0.2) is 304 Å². The lowest BCUT2D eigenvalue weighted by molar-refractivity contribution is -0.292. The van der Waals surface area contributed by atoms with Crippen LogP contribution >= 0.6 is 0 Å². The van der Waals surface area contributed by atoms with Crippen molar-refractivity contribution in [1.82, 2.24) is 45.8 Å². The van der Waals surface area contributed by atoms with Gasteiger partial charge in [0.15, 0.2) is 5.79 Å². The molecule has 13 fully saturated rings. The van der Waals surface area contributed by atoms with Gasteiger partial charge in [-0.05, 0) is 80.8 Å². The number of methoxy groups -OCH3 is 1. The number of nitrogens with two attached hydrogens (primary N) is 1. The smallest absolute Gasteiger partial charge is 0.312 e. The van der Waals surface area contributed by atoms with Crippen molar-refractivity contribution >= 4 is 47.3 Å². The number of nitrogens with zero attached hydrogens (tertiary/aromatic N) is 5. The molecule has 23 atom stereocenters. The molecule has 29 nitrogen and oxygen atoms in total. The number of imide groups is 1. The van der Waals surface area contributed by atoms with Crippen molar-refractivity contribution in [2.24, 2.45) is 23.5 Å². The molecule has 8 amide bonds. The minimum atomic E-state index is -1.18. The standard InChI is InChI=1S/C73H112N10O19/c1-42(2)63(78-59(86)16-20-79-22-24-80-26-28-82(29-27-81(25-23-79)31-33-94-32-30-80)60(87)17-21-83-61(88)13-14-62(83)89)71(91)77-52(8-7-19-75-72(74)92)70(90)76-41-47(85)38-57-64(93-6)51-37-46(84)36-49-10-12-54-65(97-49)69-68-67(99-54)66-58(100-68)40-73(101-66,102-69)18-15-50-35-44(4)53(95-50)11-9-48-34-43(3)45(5)55(96-48)39-56(51)98-57/h13-14,42-43,47-58,63-69,85H,4-5,7-12,15-41H2,1-3,6H3,(H,76,90)(H,77,91)(H,78,86)(H3,74,75,92)/t43-,47+,48+,49-,50+,51+,52+,53+,54+,55-,56+,57-,58-,63+,64-,65+,66+,67?,68?,69+,73+/m1/s1. The van der Waals surface area contributed by atoms with Crippen molar-refractivity contribution in [1.29, 1.82) is 0 Å². The number of amides is 8. The second-order valence-electron chi connectivity index (χ2n) is 30.9. The number of carbonyl (C=O) groups excluding carboxylic acids is 8. The molecule has 0 aliphatic carbocycles. The summed E-state index contributed by atoms with van der Waals surface area (Å²) in [6, 6.07) is -2.92. The van der Waals surface area contributed by atoms with Crippen molar-refractivity contribution in [3.63, 3.8) is 0 Å². The van der Waals surface area contributed by atoms with Crippen LogP contribution in [0.1, 0.15) is 130 Å². The lowest BCUT2D eigenvalue weighted by Crippen LogP contribution is -2.61. The molecule has 568 valence electrons. The Labute approximate surface area is 598 Å². The molecular formula is C73H112N10O19. The summed E-state index contributed by atoms with van der Waals surface area (Å²) in [5.41, 5.74) is 7.40. The maximum Gasteiger partial charge on any atom is 0.312 e. The second kappa shape index (κ2) is 34.5. The first kappa shape index (κ1) is 76.3. The van der Waals surface area contributed by atoms with Crippen molar-refractivity contribution in [3.8, 4) is 0 Å². The Morgan fingerprint density at radius 2 is 1.38 bits per heavy atom. The molecule has 0 aromatic rings. The quantitative estimate of drug-likeness (QED) is 0.0566. The largest absolute Gasteiger partial charge is 0.391 e. The van der Waals surface area contributed by atoms with Gasteiger partial charge in [-0.2, -0.15) is 0 Å². The molecule has 0 aromatic heterocycles. The van der Waals surface area contributed by atoms with Gasteiger partial charge in [-0.15, -0.1) is 0 Å². The van der Waals surface area contributed by atoms with E-state index in [-0.39, 0.29) is 137 Å². The number of aliphatic hydroxyl groups is 1. The van der Waals surface area contributed by atoms with Gasteiger partial charge in [0.25, 0.3) is 11.8 Å². The average molecular weight is 1430 g/mol. The van der Waals surface area contributed by atoms with E-state index in [1.54, 1.807) is 21.0 Å². The number of rotatable bonds is 20. The average Bonchev–Trinajstić information content (AvgIpc) is 1.55. The van der Waals surface area contributed by atoms with E-state index in [0.29, 0.717) is 117 Å². The summed E-state index contributed by atoms with van der Waals surface area (Å²) < 4.78 is 67.2. The van der Waals surface area contributed by atoms with E-state index in [0.717, 1.165) is 48.2 Å². The van der Waals surface area contributed by atoms with Gasteiger partial charge in [-0.3, -0.25) is 48.3 Å². The second-order valence-corrected chi connectivity index (χ2v) is 30.9. The van der Waals surface area contributed by atoms with Gasteiger partial charge in [0.05, 0.1) is 80.4 Å². The monoisotopic (exact) mass is 1430 g/mol. The molecule has 14 rings (SSSR count). The highest BCUT2D eigenvalue weighted by Gasteiger charge is 2.69. The van der Waals surface area contributed by atoms with Gasteiger partial charge in [-0.1, -0.05) is 33.9 Å². The summed E-state index contributed by atoms with van der Waals surface area (Å²) in [5, 5.41) is 23.1. The minimum Gasteiger partial charge on any atom is -0.391 e. The number of Topliss-reactive ketones (excluding diaryl/α,β-unsaturated/α-hetero) is 1. The molecule has 1 spiro atoms. The Morgan fingerprint density at radius 1 is 0.696 bits per heavy atom. The molecule has 0 saturated carbocycles. The van der Waals surface area contributed by atoms with Crippen LogP contribution in [0.15, 0.2) is 36.5 Å². The van der Waals surface area contributed by atoms with Gasteiger partial charge in [-0.25, -0.2) is 4.79 Å². The fourth-order valence-corrected chi connectivity index (χ4v) is 17.7. The Hall–Kier alpha value is -5.38. The van der Waals surface area contributed by atoms with Crippen LogP contribution in [-0.2, 0) is 80.9 Å². The highest BCUT2D eigenvalue weighted by molar-refractivity contribution is 6.13. The number of primary amides is 1. The van der Waals surface area contributed by atoms with Crippen molar-refractivity contribution in [2.75, 3.05) is 112 Å². The summed E-state index contributed by atoms with van der Waals surface area (Å²) >= 11 is 0. The number of aliphatic hydroxyl groups excluding tert-OH is 1. The summed E-state index contributed by atoms with van der Waals surface area (Å²) in [5.74, 6) is -4.09. The van der Waals surface area contributed by atoms with Crippen LogP contribution in [0.3, 0.4) is 0 Å². The minimum absolute atomic E-state index is 0.0185. The summed E-state index contributed by atoms with van der Waals surface area (Å²) in [4.78, 5) is 117. The van der Waals surface area contributed by atoms with E-state index in [1.165, 1.54) is 12.2 Å². The molecule has 102 heavy (non-hydrogen) atoms. The Balaban J connectivity index is 0.668. The van der Waals surface area contributed by atoms with Gasteiger partial charge in [0.2, 0.25) is 23.6 Å². The summed E-state index contributed by atoms with van der Waals surface area (Å²) in [6.45, 7) is 21.9. The molecule has 14 heterocycles. The number of fused-ring (bicyclic) bond motifs is 18. The molecule has 4 unspecified atom stereocenters. The predicted octanol–water partition coefficient (Wildman–Crippen LogP) is 1.15. The van der Waals surface area contributed by atoms with E-state index in [9.17, 15) is 43.5 Å². The first-order chi connectivity index (χ1) is 49.1. The van der Waals surface area contributed by atoms with Crippen LogP contribution in [0.2, 0.25) is 0 Å². The Kier molecular flexibility index (Phi) is 25.8. The molecular weight excluding hydrogens is 1320 g/mol. The fraction of sp³-hybridized carbons (Fsp3) is 0.808.